The summed E-state index contributed by atoms with van der Waals surface area (Å²) in [5.74, 6) is -0.259. The summed E-state index contributed by atoms with van der Waals surface area (Å²) in [6.07, 6.45) is 0. The molecule has 1 aromatic heterocycles. The Morgan fingerprint density at radius 2 is 1.84 bits per heavy atom. The molecule has 96 valence electrons. The Morgan fingerprint density at radius 1 is 1.05 bits per heavy atom. The highest BCUT2D eigenvalue weighted by Crippen LogP contribution is 2.31. The van der Waals surface area contributed by atoms with Crippen molar-refractivity contribution in [3.8, 4) is 11.4 Å². The molecule has 0 fully saturated rings. The van der Waals surface area contributed by atoms with Gasteiger partial charge in [0.1, 0.15) is 17.5 Å². The molecule has 0 aliphatic heterocycles. The van der Waals surface area contributed by atoms with Crippen molar-refractivity contribution < 1.29 is 8.78 Å². The topological polar surface area (TPSA) is 28.7 Å². The predicted octanol–water partition coefficient (Wildman–Crippen LogP) is 5.03. The zero-order chi connectivity index (χ0) is 13.6. The van der Waals surface area contributed by atoms with Gasteiger partial charge in [-0.25, -0.2) is 13.8 Å². The summed E-state index contributed by atoms with van der Waals surface area (Å²) in [6.45, 7) is 0. The Hall–Kier alpha value is -1.27. The summed E-state index contributed by atoms with van der Waals surface area (Å²) in [4.78, 5) is 7.32. The lowest BCUT2D eigenvalue weighted by Crippen LogP contribution is -1.85. The molecule has 3 rings (SSSR count). The minimum absolute atomic E-state index is 0.327. The molecular weight excluding hydrogens is 382 g/mol. The van der Waals surface area contributed by atoms with Crippen LogP contribution in [0.3, 0.4) is 0 Å². The van der Waals surface area contributed by atoms with E-state index in [2.05, 4.69) is 41.8 Å². The highest BCUT2D eigenvalue weighted by Gasteiger charge is 2.12. The molecule has 3 aromatic rings. The number of fused-ring (bicyclic) bond motifs is 1. The highest BCUT2D eigenvalue weighted by molar-refractivity contribution is 9.10. The Labute approximate surface area is 124 Å². The van der Waals surface area contributed by atoms with Crippen LogP contribution in [0.4, 0.5) is 8.78 Å². The number of hydrogen-bond donors (Lipinski definition) is 1. The third-order valence-corrected chi connectivity index (χ3v) is 4.14. The lowest BCUT2D eigenvalue weighted by molar-refractivity contribution is 0.621. The summed E-state index contributed by atoms with van der Waals surface area (Å²) in [6, 6.07) is 7.61. The Kier molecular flexibility index (Phi) is 3.14. The van der Waals surface area contributed by atoms with Gasteiger partial charge in [0.25, 0.3) is 0 Å². The van der Waals surface area contributed by atoms with E-state index in [1.54, 1.807) is 18.2 Å². The summed E-state index contributed by atoms with van der Waals surface area (Å²) in [7, 11) is 0. The summed E-state index contributed by atoms with van der Waals surface area (Å²) in [5.41, 5.74) is 1.76. The second kappa shape index (κ2) is 4.68. The van der Waals surface area contributed by atoms with E-state index in [1.165, 1.54) is 12.1 Å². The van der Waals surface area contributed by atoms with Crippen molar-refractivity contribution in [1.29, 1.82) is 0 Å². The zero-order valence-electron chi connectivity index (χ0n) is 9.35. The number of nitrogens with zero attached hydrogens (tertiary/aromatic N) is 1. The maximum absolute atomic E-state index is 13.5. The maximum Gasteiger partial charge on any atom is 0.139 e. The molecule has 0 aliphatic rings. The quantitative estimate of drug-likeness (QED) is 0.623. The van der Waals surface area contributed by atoms with Crippen LogP contribution in [0.5, 0.6) is 0 Å². The average Bonchev–Trinajstić information content (AvgIpc) is 2.76. The van der Waals surface area contributed by atoms with Gasteiger partial charge in [-0.3, -0.25) is 0 Å². The number of hydrogen-bond acceptors (Lipinski definition) is 1. The van der Waals surface area contributed by atoms with Crippen molar-refractivity contribution in [1.82, 2.24) is 9.97 Å². The number of rotatable bonds is 1. The number of H-pyrrole nitrogens is 1. The number of imidazole rings is 1. The molecular formula is C13H6Br2F2N2. The molecule has 0 saturated carbocycles. The van der Waals surface area contributed by atoms with Gasteiger partial charge in [-0.2, -0.15) is 0 Å². The molecule has 6 heteroatoms. The highest BCUT2D eigenvalue weighted by atomic mass is 79.9. The summed E-state index contributed by atoms with van der Waals surface area (Å²) < 4.78 is 27.6. The van der Waals surface area contributed by atoms with Crippen LogP contribution in [0.15, 0.2) is 39.3 Å². The lowest BCUT2D eigenvalue weighted by Gasteiger charge is -2.00. The molecule has 0 radical (unpaired) electrons. The molecule has 0 spiro atoms. The first-order valence-corrected chi connectivity index (χ1v) is 6.94. The van der Waals surface area contributed by atoms with Crippen molar-refractivity contribution in [2.45, 2.75) is 0 Å². The SMILES string of the molecule is Fc1cc2[nH]c(-c3cccc(F)c3Br)nc2cc1Br. The molecule has 0 aliphatic carbocycles. The molecule has 19 heavy (non-hydrogen) atoms. The first-order valence-electron chi connectivity index (χ1n) is 5.35. The summed E-state index contributed by atoms with van der Waals surface area (Å²) in [5, 5.41) is 0. The first-order chi connectivity index (χ1) is 9.06. The van der Waals surface area contributed by atoms with Gasteiger partial charge in [-0.1, -0.05) is 6.07 Å². The lowest BCUT2D eigenvalue weighted by atomic mass is 10.2. The Bertz CT molecular complexity index is 745. The van der Waals surface area contributed by atoms with Crippen LogP contribution in [-0.4, -0.2) is 9.97 Å². The second-order valence-electron chi connectivity index (χ2n) is 3.97. The van der Waals surface area contributed by atoms with E-state index in [4.69, 9.17) is 0 Å². The molecule has 0 atom stereocenters. The molecule has 0 unspecified atom stereocenters. The predicted molar refractivity (Wildman–Crippen MR) is 76.8 cm³/mol. The van der Waals surface area contributed by atoms with Crippen LogP contribution < -0.4 is 0 Å². The smallest absolute Gasteiger partial charge is 0.139 e. The molecule has 2 nitrogen and oxygen atoms in total. The van der Waals surface area contributed by atoms with Crippen LogP contribution >= 0.6 is 31.9 Å². The fourth-order valence-electron chi connectivity index (χ4n) is 1.82. The van der Waals surface area contributed by atoms with Crippen LogP contribution in [0, 0.1) is 11.6 Å². The van der Waals surface area contributed by atoms with Crippen molar-refractivity contribution in [3.63, 3.8) is 0 Å². The third kappa shape index (κ3) is 2.19. The minimum atomic E-state index is -0.374. The fraction of sp³-hybridized carbons (Fsp3) is 0. The van der Waals surface area contributed by atoms with Crippen LogP contribution in [0.1, 0.15) is 0 Å². The number of aromatic amines is 1. The van der Waals surface area contributed by atoms with E-state index in [0.29, 0.717) is 31.4 Å². The van der Waals surface area contributed by atoms with Crippen LogP contribution in [0.25, 0.3) is 22.4 Å². The van der Waals surface area contributed by atoms with Gasteiger partial charge in [0, 0.05) is 11.6 Å². The molecule has 0 saturated heterocycles. The van der Waals surface area contributed by atoms with Gasteiger partial charge in [-0.05, 0) is 50.1 Å². The van der Waals surface area contributed by atoms with Gasteiger partial charge in [0.2, 0.25) is 0 Å². The largest absolute Gasteiger partial charge is 0.338 e. The van der Waals surface area contributed by atoms with Crippen LogP contribution in [0.2, 0.25) is 0 Å². The van der Waals surface area contributed by atoms with Gasteiger partial charge >= 0.3 is 0 Å². The van der Waals surface area contributed by atoms with E-state index < -0.39 is 0 Å². The Morgan fingerprint density at radius 3 is 2.63 bits per heavy atom. The van der Waals surface area contributed by atoms with Crippen LogP contribution in [-0.2, 0) is 0 Å². The third-order valence-electron chi connectivity index (χ3n) is 2.73. The minimum Gasteiger partial charge on any atom is -0.338 e. The number of benzene rings is 2. The maximum atomic E-state index is 13.5. The van der Waals surface area contributed by atoms with Gasteiger partial charge in [-0.15, -0.1) is 0 Å². The summed E-state index contributed by atoms with van der Waals surface area (Å²) >= 11 is 6.29. The van der Waals surface area contributed by atoms with Gasteiger partial charge in [0.05, 0.1) is 20.0 Å². The molecule has 0 amide bonds. The van der Waals surface area contributed by atoms with Gasteiger partial charge in [0.15, 0.2) is 0 Å². The van der Waals surface area contributed by atoms with E-state index in [1.807, 2.05) is 0 Å². The Balaban J connectivity index is 2.23. The normalized spacial score (nSPS) is 11.2. The number of halogens is 4. The monoisotopic (exact) mass is 386 g/mol. The van der Waals surface area contributed by atoms with Gasteiger partial charge < -0.3 is 4.98 Å². The van der Waals surface area contributed by atoms with E-state index in [0.717, 1.165) is 0 Å². The van der Waals surface area contributed by atoms with Crippen molar-refractivity contribution in [3.05, 3.63) is 50.9 Å². The van der Waals surface area contributed by atoms with E-state index in [9.17, 15) is 8.78 Å². The molecule has 1 N–H and O–H groups in total. The zero-order valence-corrected chi connectivity index (χ0v) is 12.5. The van der Waals surface area contributed by atoms with Crippen molar-refractivity contribution in [2.75, 3.05) is 0 Å². The van der Waals surface area contributed by atoms with Crippen molar-refractivity contribution >= 4 is 42.9 Å². The van der Waals surface area contributed by atoms with E-state index in [-0.39, 0.29) is 11.6 Å². The first kappa shape index (κ1) is 12.7. The molecule has 1 heterocycles. The molecule has 2 aromatic carbocycles. The number of aromatic nitrogens is 2. The number of nitrogens with one attached hydrogen (secondary N) is 1. The molecule has 0 bridgehead atoms. The fourth-order valence-corrected chi connectivity index (χ4v) is 2.60. The average molecular weight is 388 g/mol. The van der Waals surface area contributed by atoms with E-state index >= 15 is 0 Å². The van der Waals surface area contributed by atoms with Crippen molar-refractivity contribution in [2.24, 2.45) is 0 Å². The standard InChI is InChI=1S/C13H6Br2F2N2/c14-7-4-10-11(5-9(7)17)19-13(18-10)6-2-1-3-8(16)12(6)15/h1-5H,(H,18,19). The second-order valence-corrected chi connectivity index (χ2v) is 5.62.